The Morgan fingerprint density at radius 1 is 1.25 bits per heavy atom. The third-order valence-electron chi connectivity index (χ3n) is 2.60. The minimum absolute atomic E-state index is 0.0324. The first-order chi connectivity index (χ1) is 9.56. The highest BCUT2D eigenvalue weighted by atomic mass is 16.6. The summed E-state index contributed by atoms with van der Waals surface area (Å²) in [6, 6.07) is 5.72. The molecule has 104 valence electrons. The maximum Gasteiger partial charge on any atom is 0.329 e. The van der Waals surface area contributed by atoms with Crippen molar-refractivity contribution in [2.45, 2.75) is 18.9 Å². The Labute approximate surface area is 114 Å². The van der Waals surface area contributed by atoms with E-state index in [1.165, 1.54) is 30.5 Å². The fourth-order valence-electron chi connectivity index (χ4n) is 1.38. The van der Waals surface area contributed by atoms with Crippen molar-refractivity contribution < 1.29 is 14.5 Å². The fraction of sp³-hybridized carbons (Fsp3) is 0.250. The number of hydrogen-bond acceptors (Lipinski definition) is 5. The molecule has 20 heavy (non-hydrogen) atoms. The van der Waals surface area contributed by atoms with E-state index in [4.69, 9.17) is 0 Å². The summed E-state index contributed by atoms with van der Waals surface area (Å²) < 4.78 is 0. The second-order valence-electron chi connectivity index (χ2n) is 4.30. The molecule has 1 aromatic rings. The zero-order valence-electron chi connectivity index (χ0n) is 10.4. The lowest BCUT2D eigenvalue weighted by Crippen LogP contribution is -2.38. The van der Waals surface area contributed by atoms with Crippen LogP contribution in [0.15, 0.2) is 29.4 Å². The number of hydrazone groups is 1. The molecule has 0 heterocycles. The summed E-state index contributed by atoms with van der Waals surface area (Å²) in [6.07, 6.45) is 3.09. The van der Waals surface area contributed by atoms with E-state index in [-0.39, 0.29) is 11.7 Å². The molecule has 1 aromatic carbocycles. The molecule has 2 rings (SSSR count). The molecule has 0 aromatic heterocycles. The highest BCUT2D eigenvalue weighted by molar-refractivity contribution is 6.35. The van der Waals surface area contributed by atoms with Gasteiger partial charge in [0.25, 0.3) is 5.69 Å². The van der Waals surface area contributed by atoms with E-state index in [1.54, 1.807) is 0 Å². The molecule has 8 nitrogen and oxygen atoms in total. The van der Waals surface area contributed by atoms with Gasteiger partial charge >= 0.3 is 11.8 Å². The molecule has 0 atom stereocenters. The maximum absolute atomic E-state index is 11.3. The number of carbonyl (C=O) groups excluding carboxylic acids is 2. The molecule has 0 bridgehead atoms. The van der Waals surface area contributed by atoms with Crippen molar-refractivity contribution in [2.75, 3.05) is 0 Å². The predicted molar refractivity (Wildman–Crippen MR) is 70.0 cm³/mol. The second kappa shape index (κ2) is 5.91. The number of nitrogens with one attached hydrogen (secondary N) is 2. The van der Waals surface area contributed by atoms with Gasteiger partial charge in [-0.1, -0.05) is 0 Å². The smallest absolute Gasteiger partial charge is 0.329 e. The number of hydrogen-bond donors (Lipinski definition) is 2. The summed E-state index contributed by atoms with van der Waals surface area (Å²) >= 11 is 0. The molecule has 8 heteroatoms. The first kappa shape index (κ1) is 13.7. The molecule has 1 aliphatic rings. The van der Waals surface area contributed by atoms with Crippen LogP contribution in [0.2, 0.25) is 0 Å². The Kier molecular flexibility index (Phi) is 4.04. The number of nitro benzene ring substituents is 1. The molecule has 0 spiro atoms. The second-order valence-corrected chi connectivity index (χ2v) is 4.30. The third kappa shape index (κ3) is 3.87. The molecular weight excluding hydrogens is 264 g/mol. The van der Waals surface area contributed by atoms with E-state index < -0.39 is 16.7 Å². The van der Waals surface area contributed by atoms with Crippen LogP contribution in [0, 0.1) is 10.1 Å². The van der Waals surface area contributed by atoms with Crippen LogP contribution in [0.1, 0.15) is 18.4 Å². The van der Waals surface area contributed by atoms with Gasteiger partial charge in [0.15, 0.2) is 0 Å². The maximum atomic E-state index is 11.3. The molecule has 0 unspecified atom stereocenters. The fourth-order valence-corrected chi connectivity index (χ4v) is 1.38. The third-order valence-corrected chi connectivity index (χ3v) is 2.60. The Balaban J connectivity index is 1.84. The van der Waals surface area contributed by atoms with Crippen LogP contribution in [0.25, 0.3) is 0 Å². The lowest BCUT2D eigenvalue weighted by atomic mass is 10.2. The monoisotopic (exact) mass is 276 g/mol. The van der Waals surface area contributed by atoms with E-state index in [2.05, 4.69) is 15.8 Å². The van der Waals surface area contributed by atoms with Gasteiger partial charge in [0.05, 0.1) is 11.1 Å². The molecule has 0 saturated heterocycles. The first-order valence-electron chi connectivity index (χ1n) is 5.94. The van der Waals surface area contributed by atoms with E-state index in [0.717, 1.165) is 12.8 Å². The molecular formula is C12H12N4O4. The highest BCUT2D eigenvalue weighted by Gasteiger charge is 2.26. The van der Waals surface area contributed by atoms with Gasteiger partial charge in [-0.05, 0) is 30.5 Å². The number of nitrogens with zero attached hydrogens (tertiary/aromatic N) is 2. The predicted octanol–water partition coefficient (Wildman–Crippen LogP) is 0.323. The molecule has 2 amide bonds. The minimum Gasteiger partial charge on any atom is -0.345 e. The average Bonchev–Trinajstić information content (AvgIpc) is 3.23. The molecule has 1 aliphatic carbocycles. The van der Waals surface area contributed by atoms with Crippen molar-refractivity contribution in [3.05, 3.63) is 39.9 Å². The standard InChI is InChI=1S/C12H12N4O4/c17-11(14-9-3-4-9)12(18)15-13-7-8-1-5-10(6-2-8)16(19)20/h1-2,5-7,9H,3-4H2,(H,14,17)(H,15,18). The Bertz CT molecular complexity index is 563. The molecule has 2 N–H and O–H groups in total. The van der Waals surface area contributed by atoms with Gasteiger partial charge in [-0.25, -0.2) is 5.43 Å². The van der Waals surface area contributed by atoms with Gasteiger partial charge in [0.1, 0.15) is 0 Å². The zero-order chi connectivity index (χ0) is 14.5. The summed E-state index contributed by atoms with van der Waals surface area (Å²) in [6.45, 7) is 0. The summed E-state index contributed by atoms with van der Waals surface area (Å²) in [5.41, 5.74) is 2.62. The van der Waals surface area contributed by atoms with Crippen LogP contribution in [0.4, 0.5) is 5.69 Å². The van der Waals surface area contributed by atoms with Gasteiger partial charge in [-0.2, -0.15) is 5.10 Å². The molecule has 0 aliphatic heterocycles. The van der Waals surface area contributed by atoms with Crippen LogP contribution >= 0.6 is 0 Å². The molecule has 1 saturated carbocycles. The van der Waals surface area contributed by atoms with Crippen LogP contribution < -0.4 is 10.7 Å². The number of amides is 2. The topological polar surface area (TPSA) is 114 Å². The van der Waals surface area contributed by atoms with Crippen molar-refractivity contribution in [3.8, 4) is 0 Å². The van der Waals surface area contributed by atoms with Crippen LogP contribution in [-0.4, -0.2) is 29.0 Å². The lowest BCUT2D eigenvalue weighted by molar-refractivity contribution is -0.384. The van der Waals surface area contributed by atoms with Gasteiger partial charge in [-0.15, -0.1) is 0 Å². The normalized spacial score (nSPS) is 14.0. The van der Waals surface area contributed by atoms with Crippen LogP contribution in [0.5, 0.6) is 0 Å². The molecule has 0 radical (unpaired) electrons. The SMILES string of the molecule is O=C(NN=Cc1ccc([N+](=O)[O-])cc1)C(=O)NC1CC1. The number of carbonyl (C=O) groups is 2. The Hall–Kier alpha value is -2.77. The Morgan fingerprint density at radius 2 is 1.90 bits per heavy atom. The number of rotatable bonds is 4. The Morgan fingerprint density at radius 3 is 2.45 bits per heavy atom. The van der Waals surface area contributed by atoms with Crippen molar-refractivity contribution in [3.63, 3.8) is 0 Å². The number of benzene rings is 1. The zero-order valence-corrected chi connectivity index (χ0v) is 10.4. The lowest BCUT2D eigenvalue weighted by Gasteiger charge is -2.00. The molecule has 1 fully saturated rings. The quantitative estimate of drug-likeness (QED) is 0.357. The van der Waals surface area contributed by atoms with Gasteiger partial charge in [0, 0.05) is 18.2 Å². The summed E-state index contributed by atoms with van der Waals surface area (Å²) in [7, 11) is 0. The van der Waals surface area contributed by atoms with Gasteiger partial charge in [0.2, 0.25) is 0 Å². The number of nitro groups is 1. The average molecular weight is 276 g/mol. The van der Waals surface area contributed by atoms with Crippen molar-refractivity contribution in [1.82, 2.24) is 10.7 Å². The van der Waals surface area contributed by atoms with Gasteiger partial charge in [-0.3, -0.25) is 19.7 Å². The van der Waals surface area contributed by atoms with E-state index in [1.807, 2.05) is 0 Å². The van der Waals surface area contributed by atoms with E-state index >= 15 is 0 Å². The van der Waals surface area contributed by atoms with E-state index in [0.29, 0.717) is 5.56 Å². The van der Waals surface area contributed by atoms with Crippen molar-refractivity contribution in [1.29, 1.82) is 0 Å². The van der Waals surface area contributed by atoms with Crippen LogP contribution in [-0.2, 0) is 9.59 Å². The van der Waals surface area contributed by atoms with Crippen LogP contribution in [0.3, 0.4) is 0 Å². The van der Waals surface area contributed by atoms with E-state index in [9.17, 15) is 19.7 Å². The largest absolute Gasteiger partial charge is 0.345 e. The summed E-state index contributed by atoms with van der Waals surface area (Å²) in [5, 5.41) is 16.6. The summed E-state index contributed by atoms with van der Waals surface area (Å²) in [5.74, 6) is -1.55. The minimum atomic E-state index is -0.838. The van der Waals surface area contributed by atoms with Crippen molar-refractivity contribution >= 4 is 23.7 Å². The number of non-ortho nitro benzene ring substituents is 1. The van der Waals surface area contributed by atoms with Gasteiger partial charge < -0.3 is 5.32 Å². The summed E-state index contributed by atoms with van der Waals surface area (Å²) in [4.78, 5) is 32.5. The first-order valence-corrected chi connectivity index (χ1v) is 5.94. The van der Waals surface area contributed by atoms with Crippen molar-refractivity contribution in [2.24, 2.45) is 5.10 Å². The highest BCUT2D eigenvalue weighted by Crippen LogP contribution is 2.18.